The van der Waals surface area contributed by atoms with Crippen LogP contribution in [-0.4, -0.2) is 45.6 Å². The summed E-state index contributed by atoms with van der Waals surface area (Å²) in [7, 11) is 0. The molecule has 1 saturated heterocycles. The number of aromatic nitrogens is 2. The summed E-state index contributed by atoms with van der Waals surface area (Å²) >= 11 is 0. The number of ether oxygens (including phenoxy) is 1. The number of alkyl halides is 3. The van der Waals surface area contributed by atoms with Crippen molar-refractivity contribution in [1.82, 2.24) is 14.5 Å². The number of nitriles is 1. The highest BCUT2D eigenvalue weighted by Gasteiger charge is 2.35. The largest absolute Gasteiger partial charge is 0.573 e. The molecule has 0 amide bonds. The van der Waals surface area contributed by atoms with Gasteiger partial charge in [-0.3, -0.25) is 4.90 Å². The standard InChI is InChI=1S/C26H27F3N4O2/c27-26(28,29)35-24-3-1-2-22(12-24)13-25(18-34)8-10-32(11-9-25)17-23-15-31-19-33(23)16-21-6-4-20(14-30)5-7-21/h1-7,12,15,19,34H,8-11,13,16-18H2. The van der Waals surface area contributed by atoms with E-state index in [1.54, 1.807) is 30.6 Å². The van der Waals surface area contributed by atoms with Gasteiger partial charge in [0.15, 0.2) is 0 Å². The second kappa shape index (κ2) is 10.5. The zero-order valence-corrected chi connectivity index (χ0v) is 19.2. The first kappa shape index (κ1) is 24.8. The van der Waals surface area contributed by atoms with Gasteiger partial charge in [0.05, 0.1) is 23.7 Å². The predicted octanol–water partition coefficient (Wildman–Crippen LogP) is 4.52. The third-order valence-electron chi connectivity index (χ3n) is 6.58. The molecule has 35 heavy (non-hydrogen) atoms. The van der Waals surface area contributed by atoms with Gasteiger partial charge >= 0.3 is 6.36 Å². The van der Waals surface area contributed by atoms with Crippen LogP contribution in [0.25, 0.3) is 0 Å². The van der Waals surface area contributed by atoms with Crippen molar-refractivity contribution in [2.24, 2.45) is 5.41 Å². The molecule has 9 heteroatoms. The minimum Gasteiger partial charge on any atom is -0.406 e. The quantitative estimate of drug-likeness (QED) is 0.509. The number of hydrogen-bond donors (Lipinski definition) is 1. The van der Waals surface area contributed by atoms with Crippen LogP contribution in [0.3, 0.4) is 0 Å². The van der Waals surface area contributed by atoms with Crippen molar-refractivity contribution in [2.45, 2.75) is 38.7 Å². The Hall–Kier alpha value is -3.35. The third-order valence-corrected chi connectivity index (χ3v) is 6.58. The highest BCUT2D eigenvalue weighted by Crippen LogP contribution is 2.36. The zero-order valence-electron chi connectivity index (χ0n) is 19.2. The number of likely N-dealkylation sites (tertiary alicyclic amines) is 1. The third kappa shape index (κ3) is 6.62. The van der Waals surface area contributed by atoms with Crippen LogP contribution in [0.5, 0.6) is 5.75 Å². The van der Waals surface area contributed by atoms with E-state index in [9.17, 15) is 18.3 Å². The maximum absolute atomic E-state index is 12.6. The molecule has 0 bridgehead atoms. The summed E-state index contributed by atoms with van der Waals surface area (Å²) in [6.07, 6.45) is 0.874. The Labute approximate surface area is 202 Å². The number of halogens is 3. The molecule has 0 spiro atoms. The molecule has 2 aromatic carbocycles. The van der Waals surface area contributed by atoms with E-state index in [1.165, 1.54) is 12.1 Å². The number of benzene rings is 2. The van der Waals surface area contributed by atoms with Gasteiger partial charge in [-0.25, -0.2) is 4.98 Å². The van der Waals surface area contributed by atoms with Crippen LogP contribution >= 0.6 is 0 Å². The monoisotopic (exact) mass is 484 g/mol. The first-order valence-corrected chi connectivity index (χ1v) is 11.4. The highest BCUT2D eigenvalue weighted by molar-refractivity contribution is 5.32. The molecule has 0 radical (unpaired) electrons. The average molecular weight is 485 g/mol. The van der Waals surface area contributed by atoms with Gasteiger partial charge < -0.3 is 14.4 Å². The summed E-state index contributed by atoms with van der Waals surface area (Å²) in [6, 6.07) is 15.6. The van der Waals surface area contributed by atoms with E-state index in [0.717, 1.165) is 42.8 Å². The zero-order chi connectivity index (χ0) is 24.9. The van der Waals surface area contributed by atoms with Crippen LogP contribution in [0.4, 0.5) is 13.2 Å². The summed E-state index contributed by atoms with van der Waals surface area (Å²) in [5.74, 6) is -0.240. The smallest absolute Gasteiger partial charge is 0.406 e. The second-order valence-electron chi connectivity index (χ2n) is 9.13. The van der Waals surface area contributed by atoms with E-state index < -0.39 is 6.36 Å². The van der Waals surface area contributed by atoms with E-state index in [2.05, 4.69) is 25.3 Å². The number of nitrogens with zero attached hydrogens (tertiary/aromatic N) is 4. The van der Waals surface area contributed by atoms with Crippen molar-refractivity contribution in [1.29, 1.82) is 5.26 Å². The van der Waals surface area contributed by atoms with E-state index in [0.29, 0.717) is 25.1 Å². The normalized spacial score (nSPS) is 16.1. The average Bonchev–Trinajstić information content (AvgIpc) is 3.26. The molecule has 1 aliphatic rings. The Morgan fingerprint density at radius 3 is 2.46 bits per heavy atom. The lowest BCUT2D eigenvalue weighted by Gasteiger charge is -2.41. The number of rotatable bonds is 8. The Balaban J connectivity index is 1.36. The summed E-state index contributed by atoms with van der Waals surface area (Å²) in [5.41, 5.74) is 3.12. The van der Waals surface area contributed by atoms with Gasteiger partial charge in [0.1, 0.15) is 5.75 Å². The van der Waals surface area contributed by atoms with Crippen molar-refractivity contribution in [3.8, 4) is 11.8 Å². The highest BCUT2D eigenvalue weighted by atomic mass is 19.4. The van der Waals surface area contributed by atoms with Crippen LogP contribution in [-0.2, 0) is 19.5 Å². The fourth-order valence-corrected chi connectivity index (χ4v) is 4.59. The van der Waals surface area contributed by atoms with Gasteiger partial charge in [-0.15, -0.1) is 13.2 Å². The Morgan fingerprint density at radius 2 is 1.80 bits per heavy atom. The van der Waals surface area contributed by atoms with Crippen molar-refractivity contribution in [2.75, 3.05) is 19.7 Å². The minimum absolute atomic E-state index is 0.0260. The van der Waals surface area contributed by atoms with Gasteiger partial charge in [-0.05, 0) is 73.2 Å². The molecule has 1 N–H and O–H groups in total. The molecule has 1 aliphatic heterocycles. The molecule has 184 valence electrons. The Morgan fingerprint density at radius 1 is 1.06 bits per heavy atom. The predicted molar refractivity (Wildman–Crippen MR) is 123 cm³/mol. The maximum atomic E-state index is 12.6. The van der Waals surface area contributed by atoms with Crippen LogP contribution in [0.1, 0.15) is 35.2 Å². The van der Waals surface area contributed by atoms with Crippen LogP contribution in [0, 0.1) is 16.7 Å². The molecular formula is C26H27F3N4O2. The lowest BCUT2D eigenvalue weighted by Crippen LogP contribution is -2.43. The van der Waals surface area contributed by atoms with E-state index in [-0.39, 0.29) is 17.8 Å². The lowest BCUT2D eigenvalue weighted by atomic mass is 9.74. The fourth-order valence-electron chi connectivity index (χ4n) is 4.59. The van der Waals surface area contributed by atoms with Gasteiger partial charge in [0.2, 0.25) is 0 Å². The minimum atomic E-state index is -4.73. The molecule has 1 fully saturated rings. The first-order chi connectivity index (χ1) is 16.8. The molecule has 4 rings (SSSR count). The molecule has 1 aromatic heterocycles. The van der Waals surface area contributed by atoms with Crippen molar-refractivity contribution >= 4 is 0 Å². The van der Waals surface area contributed by atoms with Gasteiger partial charge in [0, 0.05) is 25.9 Å². The summed E-state index contributed by atoms with van der Waals surface area (Å²) < 4.78 is 43.8. The Kier molecular flexibility index (Phi) is 7.43. The molecule has 0 aliphatic carbocycles. The van der Waals surface area contributed by atoms with Gasteiger partial charge in [-0.1, -0.05) is 24.3 Å². The van der Waals surface area contributed by atoms with E-state index >= 15 is 0 Å². The number of piperidine rings is 1. The van der Waals surface area contributed by atoms with Crippen LogP contribution in [0.15, 0.2) is 61.1 Å². The molecule has 0 saturated carbocycles. The molecular weight excluding hydrogens is 457 g/mol. The molecule has 6 nitrogen and oxygen atoms in total. The second-order valence-corrected chi connectivity index (χ2v) is 9.13. The summed E-state index contributed by atoms with van der Waals surface area (Å²) in [5, 5.41) is 19.2. The van der Waals surface area contributed by atoms with E-state index in [1.807, 2.05) is 18.3 Å². The number of aliphatic hydroxyl groups excluding tert-OH is 1. The fraction of sp³-hybridized carbons (Fsp3) is 0.385. The van der Waals surface area contributed by atoms with E-state index in [4.69, 9.17) is 5.26 Å². The lowest BCUT2D eigenvalue weighted by molar-refractivity contribution is -0.274. The maximum Gasteiger partial charge on any atom is 0.573 e. The van der Waals surface area contributed by atoms with Crippen molar-refractivity contribution in [3.05, 3.63) is 83.4 Å². The number of hydrogen-bond acceptors (Lipinski definition) is 5. The van der Waals surface area contributed by atoms with Gasteiger partial charge in [0.25, 0.3) is 0 Å². The van der Waals surface area contributed by atoms with Crippen LogP contribution in [0.2, 0.25) is 0 Å². The molecule has 0 atom stereocenters. The first-order valence-electron chi connectivity index (χ1n) is 11.4. The molecule has 2 heterocycles. The van der Waals surface area contributed by atoms with Gasteiger partial charge in [-0.2, -0.15) is 5.26 Å². The SMILES string of the molecule is N#Cc1ccc(Cn2cncc2CN2CCC(CO)(Cc3cccc(OC(F)(F)F)c3)CC2)cc1. The topological polar surface area (TPSA) is 74.3 Å². The van der Waals surface area contributed by atoms with Crippen LogP contribution < -0.4 is 4.74 Å². The summed E-state index contributed by atoms with van der Waals surface area (Å²) in [6.45, 7) is 2.88. The van der Waals surface area contributed by atoms with Crippen molar-refractivity contribution < 1.29 is 23.0 Å². The Bertz CT molecular complexity index is 1160. The summed E-state index contributed by atoms with van der Waals surface area (Å²) in [4.78, 5) is 6.61. The van der Waals surface area contributed by atoms with Crippen molar-refractivity contribution in [3.63, 3.8) is 0 Å². The molecule has 0 unspecified atom stereocenters. The molecule has 3 aromatic rings. The number of aliphatic hydroxyl groups is 1. The number of imidazole rings is 1.